The molecule has 0 N–H and O–H groups in total. The van der Waals surface area contributed by atoms with Crippen LogP contribution in [0.5, 0.6) is 0 Å². The van der Waals surface area contributed by atoms with Gasteiger partial charge >= 0.3 is 0 Å². The van der Waals surface area contributed by atoms with E-state index < -0.39 is 0 Å². The molecule has 0 bridgehead atoms. The number of hydrogen-bond donors (Lipinski definition) is 0. The largest absolute Gasteiger partial charge is 0.342 e. The van der Waals surface area contributed by atoms with Crippen LogP contribution in [0.25, 0.3) is 0 Å². The van der Waals surface area contributed by atoms with Crippen LogP contribution in [0, 0.1) is 0 Å². The molecule has 0 saturated carbocycles. The number of nitrogens with zero attached hydrogens (tertiary/aromatic N) is 1. The summed E-state index contributed by atoms with van der Waals surface area (Å²) in [5, 5.41) is 0. The fourth-order valence-electron chi connectivity index (χ4n) is 1.27. The summed E-state index contributed by atoms with van der Waals surface area (Å²) in [4.78, 5) is 13.1. The first-order valence-corrected chi connectivity index (χ1v) is 5.40. The molecule has 1 amide bonds. The van der Waals surface area contributed by atoms with Crippen molar-refractivity contribution in [2.24, 2.45) is 0 Å². The van der Waals surface area contributed by atoms with Crippen LogP contribution in [0.15, 0.2) is 0 Å². The summed E-state index contributed by atoms with van der Waals surface area (Å²) in [7, 11) is 0. The van der Waals surface area contributed by atoms with Gasteiger partial charge in [0, 0.05) is 23.4 Å². The Kier molecular flexibility index (Phi) is 3.62. The number of carbonyl (C=O) groups excluding carboxylic acids is 1. The lowest BCUT2D eigenvalue weighted by atomic mass is 10.3. The molecular formula is C8H14INO. The maximum Gasteiger partial charge on any atom is 0.222 e. The van der Waals surface area contributed by atoms with E-state index in [1.165, 1.54) is 0 Å². The van der Waals surface area contributed by atoms with Gasteiger partial charge < -0.3 is 4.90 Å². The van der Waals surface area contributed by atoms with Gasteiger partial charge in [-0.1, -0.05) is 29.5 Å². The van der Waals surface area contributed by atoms with Crippen LogP contribution in [0.4, 0.5) is 0 Å². The first kappa shape index (κ1) is 9.29. The number of carbonyl (C=O) groups is 1. The lowest BCUT2D eigenvalue weighted by molar-refractivity contribution is -0.127. The van der Waals surface area contributed by atoms with Crippen molar-refractivity contribution in [2.75, 3.05) is 13.1 Å². The van der Waals surface area contributed by atoms with Crippen molar-refractivity contribution in [1.29, 1.82) is 0 Å². The number of alkyl halides is 1. The molecule has 1 fully saturated rings. The van der Waals surface area contributed by atoms with E-state index in [1.807, 2.05) is 4.90 Å². The molecule has 1 heterocycles. The maximum absolute atomic E-state index is 11.1. The van der Waals surface area contributed by atoms with Gasteiger partial charge in [-0.05, 0) is 12.8 Å². The van der Waals surface area contributed by atoms with Gasteiger partial charge in [0.05, 0.1) is 0 Å². The van der Waals surface area contributed by atoms with Crippen LogP contribution in [0.1, 0.15) is 26.2 Å². The van der Waals surface area contributed by atoms with Crippen molar-refractivity contribution >= 4 is 28.5 Å². The standard InChI is InChI=1S/C8H14INO/c1-2-7(9)6-10-5-3-4-8(10)11/h7H,2-6H2,1H3/t7-/m0/s1. The van der Waals surface area contributed by atoms with Crippen molar-refractivity contribution in [1.82, 2.24) is 4.90 Å². The molecular weight excluding hydrogens is 253 g/mol. The number of halogens is 1. The van der Waals surface area contributed by atoms with Gasteiger partial charge in [-0.15, -0.1) is 0 Å². The summed E-state index contributed by atoms with van der Waals surface area (Å²) in [5.41, 5.74) is 0. The van der Waals surface area contributed by atoms with Gasteiger partial charge in [0.15, 0.2) is 0 Å². The van der Waals surface area contributed by atoms with Crippen LogP contribution in [-0.4, -0.2) is 27.8 Å². The molecule has 0 aromatic rings. The first-order chi connectivity index (χ1) is 5.24. The number of hydrogen-bond acceptors (Lipinski definition) is 1. The predicted molar refractivity (Wildman–Crippen MR) is 53.9 cm³/mol. The molecule has 64 valence electrons. The Morgan fingerprint density at radius 3 is 2.91 bits per heavy atom. The zero-order valence-electron chi connectivity index (χ0n) is 6.85. The average Bonchev–Trinajstić information content (AvgIpc) is 2.37. The minimum absolute atomic E-state index is 0.347. The Morgan fingerprint density at radius 1 is 1.73 bits per heavy atom. The lowest BCUT2D eigenvalue weighted by Gasteiger charge is -2.18. The molecule has 1 rings (SSSR count). The van der Waals surface area contributed by atoms with Crippen LogP contribution in [0.2, 0.25) is 0 Å². The Bertz CT molecular complexity index is 149. The molecule has 0 aliphatic carbocycles. The Balaban J connectivity index is 2.30. The van der Waals surface area contributed by atoms with E-state index in [0.717, 1.165) is 32.4 Å². The molecule has 0 spiro atoms. The van der Waals surface area contributed by atoms with Gasteiger partial charge in [-0.2, -0.15) is 0 Å². The molecule has 0 aromatic carbocycles. The lowest BCUT2D eigenvalue weighted by Crippen LogP contribution is -2.30. The highest BCUT2D eigenvalue weighted by molar-refractivity contribution is 14.1. The summed E-state index contributed by atoms with van der Waals surface area (Å²) in [5.74, 6) is 0.347. The monoisotopic (exact) mass is 267 g/mol. The highest BCUT2D eigenvalue weighted by Gasteiger charge is 2.21. The van der Waals surface area contributed by atoms with Gasteiger partial charge in [0.25, 0.3) is 0 Å². The molecule has 11 heavy (non-hydrogen) atoms. The zero-order valence-corrected chi connectivity index (χ0v) is 9.00. The Hall–Kier alpha value is 0.200. The predicted octanol–water partition coefficient (Wildman–Crippen LogP) is 1.82. The van der Waals surface area contributed by atoms with E-state index in [1.54, 1.807) is 0 Å². The van der Waals surface area contributed by atoms with E-state index in [2.05, 4.69) is 29.5 Å². The summed E-state index contributed by atoms with van der Waals surface area (Å²) in [6, 6.07) is 0. The van der Waals surface area contributed by atoms with E-state index in [-0.39, 0.29) is 0 Å². The van der Waals surface area contributed by atoms with Gasteiger partial charge in [-0.3, -0.25) is 4.79 Å². The highest BCUT2D eigenvalue weighted by Crippen LogP contribution is 2.14. The molecule has 1 saturated heterocycles. The Labute approximate surface area is 81.5 Å². The fraction of sp³-hybridized carbons (Fsp3) is 0.875. The third kappa shape index (κ3) is 2.61. The summed E-state index contributed by atoms with van der Waals surface area (Å²) >= 11 is 2.41. The van der Waals surface area contributed by atoms with E-state index in [4.69, 9.17) is 0 Å². The van der Waals surface area contributed by atoms with Crippen molar-refractivity contribution < 1.29 is 4.79 Å². The molecule has 0 unspecified atom stereocenters. The van der Waals surface area contributed by atoms with Gasteiger partial charge in [-0.25, -0.2) is 0 Å². The van der Waals surface area contributed by atoms with Crippen molar-refractivity contribution in [3.8, 4) is 0 Å². The van der Waals surface area contributed by atoms with Gasteiger partial charge in [0.2, 0.25) is 5.91 Å². The van der Waals surface area contributed by atoms with Crippen LogP contribution in [0.3, 0.4) is 0 Å². The van der Waals surface area contributed by atoms with Crippen molar-refractivity contribution in [3.63, 3.8) is 0 Å². The topological polar surface area (TPSA) is 20.3 Å². The second kappa shape index (κ2) is 4.28. The van der Waals surface area contributed by atoms with E-state index >= 15 is 0 Å². The first-order valence-electron chi connectivity index (χ1n) is 4.16. The summed E-state index contributed by atoms with van der Waals surface area (Å²) in [6.07, 6.45) is 2.99. The SMILES string of the molecule is CC[C@H](I)CN1CCCC1=O. The van der Waals surface area contributed by atoms with Crippen LogP contribution < -0.4 is 0 Å². The quantitative estimate of drug-likeness (QED) is 0.564. The van der Waals surface area contributed by atoms with Crippen LogP contribution >= 0.6 is 22.6 Å². The van der Waals surface area contributed by atoms with E-state index in [0.29, 0.717) is 9.83 Å². The van der Waals surface area contributed by atoms with Crippen LogP contribution in [-0.2, 0) is 4.79 Å². The van der Waals surface area contributed by atoms with Crippen molar-refractivity contribution in [2.45, 2.75) is 30.1 Å². The summed E-state index contributed by atoms with van der Waals surface area (Å²) < 4.78 is 0.634. The molecule has 2 nitrogen and oxygen atoms in total. The molecule has 3 heteroatoms. The smallest absolute Gasteiger partial charge is 0.222 e. The number of likely N-dealkylation sites (tertiary alicyclic amines) is 1. The average molecular weight is 267 g/mol. The molecule has 1 aliphatic heterocycles. The maximum atomic E-state index is 11.1. The Morgan fingerprint density at radius 2 is 2.45 bits per heavy atom. The third-order valence-corrected chi connectivity index (χ3v) is 3.31. The number of amides is 1. The zero-order chi connectivity index (χ0) is 8.27. The normalized spacial score (nSPS) is 20.9. The second-order valence-corrected chi connectivity index (χ2v) is 4.71. The minimum atomic E-state index is 0.347. The molecule has 0 radical (unpaired) electrons. The summed E-state index contributed by atoms with van der Waals surface area (Å²) in [6.45, 7) is 4.10. The fourth-order valence-corrected chi connectivity index (χ4v) is 1.74. The highest BCUT2D eigenvalue weighted by atomic mass is 127. The second-order valence-electron chi connectivity index (χ2n) is 2.95. The van der Waals surface area contributed by atoms with Crippen molar-refractivity contribution in [3.05, 3.63) is 0 Å². The molecule has 1 aliphatic rings. The van der Waals surface area contributed by atoms with Gasteiger partial charge in [0.1, 0.15) is 0 Å². The van der Waals surface area contributed by atoms with E-state index in [9.17, 15) is 4.79 Å². The number of rotatable bonds is 3. The third-order valence-electron chi connectivity index (χ3n) is 2.03. The minimum Gasteiger partial charge on any atom is -0.342 e. The molecule has 1 atom stereocenters. The molecule has 0 aromatic heterocycles.